The summed E-state index contributed by atoms with van der Waals surface area (Å²) >= 11 is 0. The predicted octanol–water partition coefficient (Wildman–Crippen LogP) is 4.29. The highest BCUT2D eigenvalue weighted by Gasteiger charge is 2.26. The Bertz CT molecular complexity index is 1270. The number of anilines is 1. The molecule has 31 heavy (non-hydrogen) atoms. The van der Waals surface area contributed by atoms with Crippen molar-refractivity contribution >= 4 is 16.7 Å². The molecule has 3 heterocycles. The van der Waals surface area contributed by atoms with Crippen LogP contribution in [-0.2, 0) is 0 Å². The Morgan fingerprint density at radius 3 is 2.77 bits per heavy atom. The highest BCUT2D eigenvalue weighted by Crippen LogP contribution is 2.41. The number of para-hydroxylation sites is 1. The van der Waals surface area contributed by atoms with Crippen molar-refractivity contribution in [1.29, 1.82) is 0 Å². The number of aryl methyl sites for hydroxylation is 1. The minimum Gasteiger partial charge on any atom is -0.497 e. The van der Waals surface area contributed by atoms with E-state index in [0.717, 1.165) is 58.7 Å². The highest BCUT2D eigenvalue weighted by atomic mass is 19.1. The number of benzene rings is 2. The molecule has 0 saturated carbocycles. The van der Waals surface area contributed by atoms with Crippen molar-refractivity contribution in [1.82, 2.24) is 15.0 Å². The van der Waals surface area contributed by atoms with Crippen LogP contribution in [0.1, 0.15) is 12.0 Å². The maximum atomic E-state index is 14.3. The van der Waals surface area contributed by atoms with Gasteiger partial charge in [-0.05, 0) is 42.7 Å². The number of hydrogen-bond acceptors (Lipinski definition) is 5. The fraction of sp³-hybridized carbons (Fsp3) is 0.250. The number of ether oxygens (including phenoxy) is 1. The van der Waals surface area contributed by atoms with Crippen LogP contribution in [0.15, 0.2) is 48.8 Å². The normalized spacial score (nSPS) is 16.3. The summed E-state index contributed by atoms with van der Waals surface area (Å²) in [6.45, 7) is 3.58. The Labute approximate surface area is 179 Å². The fourth-order valence-corrected chi connectivity index (χ4v) is 4.31. The Kier molecular flexibility index (Phi) is 4.82. The van der Waals surface area contributed by atoms with E-state index in [1.54, 1.807) is 6.20 Å². The number of hydrogen-bond donors (Lipinski definition) is 2. The smallest absolute Gasteiger partial charge is 0.142 e. The van der Waals surface area contributed by atoms with Gasteiger partial charge in [0.05, 0.1) is 29.4 Å². The van der Waals surface area contributed by atoms with Gasteiger partial charge in [-0.15, -0.1) is 0 Å². The number of aromatic nitrogens is 3. The summed E-state index contributed by atoms with van der Waals surface area (Å²) in [6.07, 6.45) is 4.48. The maximum absolute atomic E-state index is 14.3. The number of nitrogens with zero attached hydrogens (tertiary/aromatic N) is 3. The van der Waals surface area contributed by atoms with Crippen LogP contribution in [0, 0.1) is 12.7 Å². The molecule has 0 bridgehead atoms. The van der Waals surface area contributed by atoms with Crippen LogP contribution in [0.25, 0.3) is 33.5 Å². The van der Waals surface area contributed by atoms with Crippen molar-refractivity contribution in [2.45, 2.75) is 19.4 Å². The fourth-order valence-electron chi connectivity index (χ4n) is 4.31. The van der Waals surface area contributed by atoms with Gasteiger partial charge in [-0.2, -0.15) is 0 Å². The summed E-state index contributed by atoms with van der Waals surface area (Å²) in [7, 11) is 1.53. The van der Waals surface area contributed by atoms with E-state index < -0.39 is 0 Å². The number of H-pyrrole nitrogens is 1. The Balaban J connectivity index is 1.74. The lowest BCUT2D eigenvalue weighted by atomic mass is 10.0. The monoisotopic (exact) mass is 417 g/mol. The number of methoxy groups -OCH3 is 1. The van der Waals surface area contributed by atoms with Gasteiger partial charge in [-0.3, -0.25) is 4.98 Å². The summed E-state index contributed by atoms with van der Waals surface area (Å²) in [6, 6.07) is 10.9. The zero-order valence-corrected chi connectivity index (χ0v) is 17.5. The second kappa shape index (κ2) is 7.67. The highest BCUT2D eigenvalue weighted by molar-refractivity contribution is 5.91. The van der Waals surface area contributed by atoms with Gasteiger partial charge in [0.2, 0.25) is 0 Å². The van der Waals surface area contributed by atoms with Gasteiger partial charge in [-0.25, -0.2) is 9.37 Å². The Morgan fingerprint density at radius 1 is 1.19 bits per heavy atom. The minimum atomic E-state index is -0.358. The number of nitrogens with two attached hydrogens (primary N) is 1. The molecule has 0 aliphatic carbocycles. The molecule has 1 atom stereocenters. The lowest BCUT2D eigenvalue weighted by Gasteiger charge is -2.24. The van der Waals surface area contributed by atoms with Gasteiger partial charge in [-0.1, -0.05) is 12.1 Å². The SMILES string of the molecule is COc1cc(F)cc(-c2cncc(-c3nc4c(C)cccc4[nH]3)c2N2CC[C@H](N)C2)c1. The molecule has 0 unspecified atom stereocenters. The molecule has 2 aromatic heterocycles. The molecule has 0 spiro atoms. The Morgan fingerprint density at radius 2 is 2.03 bits per heavy atom. The van der Waals surface area contributed by atoms with Crippen LogP contribution in [0.3, 0.4) is 0 Å². The average molecular weight is 417 g/mol. The van der Waals surface area contributed by atoms with Crippen LogP contribution < -0.4 is 15.4 Å². The molecule has 1 fully saturated rings. The molecule has 0 radical (unpaired) electrons. The topological polar surface area (TPSA) is 80.1 Å². The molecule has 0 amide bonds. The van der Waals surface area contributed by atoms with Crippen LogP contribution in [-0.4, -0.2) is 41.2 Å². The van der Waals surface area contributed by atoms with E-state index in [1.807, 2.05) is 37.4 Å². The van der Waals surface area contributed by atoms with Crippen LogP contribution in [0.4, 0.5) is 10.1 Å². The van der Waals surface area contributed by atoms with Crippen LogP contribution in [0.2, 0.25) is 0 Å². The van der Waals surface area contributed by atoms with Crippen molar-refractivity contribution in [2.75, 3.05) is 25.1 Å². The van der Waals surface area contributed by atoms with E-state index in [0.29, 0.717) is 11.3 Å². The molecule has 158 valence electrons. The third-order valence-electron chi connectivity index (χ3n) is 5.85. The lowest BCUT2D eigenvalue weighted by Crippen LogP contribution is -2.27. The number of nitrogens with one attached hydrogen (secondary N) is 1. The summed E-state index contributed by atoms with van der Waals surface area (Å²) in [5, 5.41) is 0. The molecule has 3 N–H and O–H groups in total. The Hall–Kier alpha value is -3.45. The number of fused-ring (bicyclic) bond motifs is 1. The number of halogens is 1. The second-order valence-corrected chi connectivity index (χ2v) is 8.01. The van der Waals surface area contributed by atoms with Gasteiger partial charge < -0.3 is 20.4 Å². The summed E-state index contributed by atoms with van der Waals surface area (Å²) in [5.41, 5.74) is 12.6. The van der Waals surface area contributed by atoms with Crippen LogP contribution in [0.5, 0.6) is 5.75 Å². The van der Waals surface area contributed by atoms with E-state index >= 15 is 0 Å². The van der Waals surface area contributed by atoms with Crippen LogP contribution >= 0.6 is 0 Å². The molecular weight excluding hydrogens is 393 g/mol. The van der Waals surface area contributed by atoms with Crippen molar-refractivity contribution in [3.63, 3.8) is 0 Å². The number of rotatable bonds is 4. The van der Waals surface area contributed by atoms with Gasteiger partial charge in [0.15, 0.2) is 0 Å². The second-order valence-electron chi connectivity index (χ2n) is 8.01. The first-order valence-corrected chi connectivity index (χ1v) is 10.3. The van der Waals surface area contributed by atoms with Crippen molar-refractivity contribution in [3.05, 3.63) is 60.2 Å². The number of imidazole rings is 1. The summed E-state index contributed by atoms with van der Waals surface area (Å²) in [5.74, 6) is 0.838. The summed E-state index contributed by atoms with van der Waals surface area (Å²) < 4.78 is 19.6. The summed E-state index contributed by atoms with van der Waals surface area (Å²) in [4.78, 5) is 15.0. The molecule has 4 aromatic rings. The zero-order chi connectivity index (χ0) is 21.5. The van der Waals surface area contributed by atoms with E-state index in [9.17, 15) is 4.39 Å². The maximum Gasteiger partial charge on any atom is 0.142 e. The predicted molar refractivity (Wildman–Crippen MR) is 121 cm³/mol. The third kappa shape index (κ3) is 3.51. The standard InChI is InChI=1S/C24H24FN5O/c1-14-4-3-5-21-22(14)29-24(28-21)20-12-27-11-19(23(20)30-7-6-17(26)13-30)15-8-16(25)10-18(9-15)31-2/h3-5,8-12,17H,6-7,13,26H2,1-2H3,(H,28,29)/t17-/m0/s1. The third-order valence-corrected chi connectivity index (χ3v) is 5.85. The average Bonchev–Trinajstić information content (AvgIpc) is 3.40. The minimum absolute atomic E-state index is 0.0915. The molecular formula is C24H24FN5O. The molecule has 1 aliphatic rings. The van der Waals surface area contributed by atoms with Crippen molar-refractivity contribution in [3.8, 4) is 28.3 Å². The first kappa shape index (κ1) is 19.5. The molecule has 1 saturated heterocycles. The van der Waals surface area contributed by atoms with Gasteiger partial charge in [0.25, 0.3) is 0 Å². The van der Waals surface area contributed by atoms with Gasteiger partial charge >= 0.3 is 0 Å². The largest absolute Gasteiger partial charge is 0.497 e. The van der Waals surface area contributed by atoms with Crippen molar-refractivity contribution in [2.24, 2.45) is 5.73 Å². The molecule has 2 aromatic carbocycles. The first-order chi connectivity index (χ1) is 15.0. The quantitative estimate of drug-likeness (QED) is 0.518. The van der Waals surface area contributed by atoms with Gasteiger partial charge in [0.1, 0.15) is 17.4 Å². The van der Waals surface area contributed by atoms with Crippen molar-refractivity contribution < 1.29 is 9.13 Å². The molecule has 6 nitrogen and oxygen atoms in total. The number of pyridine rings is 1. The first-order valence-electron chi connectivity index (χ1n) is 10.3. The zero-order valence-electron chi connectivity index (χ0n) is 17.5. The number of aromatic amines is 1. The van der Waals surface area contributed by atoms with E-state index in [1.165, 1.54) is 19.2 Å². The van der Waals surface area contributed by atoms with Gasteiger partial charge in [0, 0.05) is 43.2 Å². The van der Waals surface area contributed by atoms with E-state index in [4.69, 9.17) is 15.5 Å². The molecule has 7 heteroatoms. The lowest BCUT2D eigenvalue weighted by molar-refractivity contribution is 0.411. The van der Waals surface area contributed by atoms with E-state index in [2.05, 4.69) is 14.9 Å². The molecule has 5 rings (SSSR count). The molecule has 1 aliphatic heterocycles. The van der Waals surface area contributed by atoms with E-state index in [-0.39, 0.29) is 11.9 Å².